The highest BCUT2D eigenvalue weighted by molar-refractivity contribution is 5.87. The quantitative estimate of drug-likeness (QED) is 0.731. The maximum Gasteiger partial charge on any atom is 0.239 e. The monoisotopic (exact) mass is 303 g/mol. The van der Waals surface area contributed by atoms with Crippen molar-refractivity contribution < 1.29 is 9.59 Å². The Hall–Kier alpha value is -1.88. The predicted molar refractivity (Wildman–Crippen MR) is 86.3 cm³/mol. The molecule has 0 aromatic heterocycles. The van der Waals surface area contributed by atoms with E-state index in [9.17, 15) is 9.59 Å². The Balaban J connectivity index is 1.74. The zero-order valence-electron chi connectivity index (χ0n) is 13.3. The molecule has 2 amide bonds. The standard InChI is InChI=1S/C17H25N3O2/c1-11(2)16(18)17(22)20-10-15(21)19-9-13-8-7-12-5-3-4-6-14(12)13/h3-6,11,13,16H,7-10,18H2,1-2H3,(H,19,21)(H,20,22)/t13?,16-/m0/s1. The van der Waals surface area contributed by atoms with Gasteiger partial charge in [-0.05, 0) is 29.9 Å². The first-order valence-corrected chi connectivity index (χ1v) is 7.87. The van der Waals surface area contributed by atoms with Gasteiger partial charge in [0.1, 0.15) is 0 Å². The van der Waals surface area contributed by atoms with Gasteiger partial charge in [0.25, 0.3) is 0 Å². The van der Waals surface area contributed by atoms with Crippen molar-refractivity contribution in [3.63, 3.8) is 0 Å². The number of carbonyl (C=O) groups excluding carboxylic acids is 2. The van der Waals surface area contributed by atoms with E-state index < -0.39 is 6.04 Å². The summed E-state index contributed by atoms with van der Waals surface area (Å²) >= 11 is 0. The average Bonchev–Trinajstić information content (AvgIpc) is 2.93. The third kappa shape index (κ3) is 4.07. The predicted octanol–water partition coefficient (Wildman–Crippen LogP) is 0.932. The van der Waals surface area contributed by atoms with Crippen LogP contribution in [0.5, 0.6) is 0 Å². The molecule has 22 heavy (non-hydrogen) atoms. The third-order valence-electron chi connectivity index (χ3n) is 4.25. The largest absolute Gasteiger partial charge is 0.354 e. The van der Waals surface area contributed by atoms with Gasteiger partial charge in [-0.25, -0.2) is 0 Å². The molecule has 0 saturated heterocycles. The van der Waals surface area contributed by atoms with Gasteiger partial charge in [0.05, 0.1) is 12.6 Å². The lowest BCUT2D eigenvalue weighted by Gasteiger charge is -2.16. The van der Waals surface area contributed by atoms with Crippen molar-refractivity contribution >= 4 is 11.8 Å². The fourth-order valence-corrected chi connectivity index (χ4v) is 2.74. The molecule has 2 atom stereocenters. The van der Waals surface area contributed by atoms with E-state index in [0.29, 0.717) is 12.5 Å². The van der Waals surface area contributed by atoms with E-state index in [0.717, 1.165) is 12.8 Å². The SMILES string of the molecule is CC(C)[C@H](N)C(=O)NCC(=O)NCC1CCc2ccccc21. The minimum Gasteiger partial charge on any atom is -0.354 e. The first-order valence-electron chi connectivity index (χ1n) is 7.87. The number of nitrogens with two attached hydrogens (primary N) is 1. The first kappa shape index (κ1) is 16.5. The van der Waals surface area contributed by atoms with Gasteiger partial charge < -0.3 is 16.4 Å². The molecule has 5 nitrogen and oxygen atoms in total. The second-order valence-corrected chi connectivity index (χ2v) is 6.23. The molecule has 0 radical (unpaired) electrons. The number of hydrogen-bond acceptors (Lipinski definition) is 3. The summed E-state index contributed by atoms with van der Waals surface area (Å²) in [5, 5.41) is 5.48. The van der Waals surface area contributed by atoms with Crippen LogP contribution < -0.4 is 16.4 Å². The molecule has 5 heteroatoms. The summed E-state index contributed by atoms with van der Waals surface area (Å²) in [6.45, 7) is 4.35. The van der Waals surface area contributed by atoms with Crippen LogP contribution in [-0.4, -0.2) is 30.9 Å². The molecular formula is C17H25N3O2. The molecule has 0 fully saturated rings. The molecule has 2 rings (SSSR count). The number of hydrogen-bond donors (Lipinski definition) is 3. The van der Waals surface area contributed by atoms with Gasteiger partial charge >= 0.3 is 0 Å². The number of aryl methyl sites for hydroxylation is 1. The number of rotatable bonds is 6. The van der Waals surface area contributed by atoms with Crippen LogP contribution in [0.1, 0.15) is 37.3 Å². The number of nitrogens with one attached hydrogen (secondary N) is 2. The molecule has 1 aromatic carbocycles. The topological polar surface area (TPSA) is 84.2 Å². The summed E-state index contributed by atoms with van der Waals surface area (Å²) in [7, 11) is 0. The van der Waals surface area contributed by atoms with Crippen molar-refractivity contribution in [3.05, 3.63) is 35.4 Å². The Morgan fingerprint density at radius 1 is 1.27 bits per heavy atom. The number of benzene rings is 1. The maximum atomic E-state index is 11.8. The van der Waals surface area contributed by atoms with Crippen LogP contribution in [0.25, 0.3) is 0 Å². The van der Waals surface area contributed by atoms with Crippen LogP contribution in [0.3, 0.4) is 0 Å². The summed E-state index contributed by atoms with van der Waals surface area (Å²) in [6, 6.07) is 7.78. The van der Waals surface area contributed by atoms with Crippen LogP contribution in [0.4, 0.5) is 0 Å². The second-order valence-electron chi connectivity index (χ2n) is 6.23. The molecule has 0 heterocycles. The molecular weight excluding hydrogens is 278 g/mol. The summed E-state index contributed by atoms with van der Waals surface area (Å²) in [5.74, 6) is -0.0307. The lowest BCUT2D eigenvalue weighted by Crippen LogP contribution is -2.47. The molecule has 1 aliphatic rings. The van der Waals surface area contributed by atoms with Crippen LogP contribution in [-0.2, 0) is 16.0 Å². The van der Waals surface area contributed by atoms with Crippen LogP contribution in [0.15, 0.2) is 24.3 Å². The first-order chi connectivity index (χ1) is 10.5. The number of amides is 2. The average molecular weight is 303 g/mol. The second kappa shape index (κ2) is 7.40. The molecule has 1 aromatic rings. The van der Waals surface area contributed by atoms with Gasteiger partial charge in [0, 0.05) is 12.5 Å². The molecule has 1 aliphatic carbocycles. The van der Waals surface area contributed by atoms with Gasteiger partial charge in [-0.3, -0.25) is 9.59 Å². The normalized spacial score (nSPS) is 17.9. The Kier molecular flexibility index (Phi) is 5.55. The third-order valence-corrected chi connectivity index (χ3v) is 4.25. The Morgan fingerprint density at radius 2 is 2.00 bits per heavy atom. The highest BCUT2D eigenvalue weighted by atomic mass is 16.2. The Bertz CT molecular complexity index is 542. The zero-order chi connectivity index (χ0) is 16.1. The highest BCUT2D eigenvalue weighted by Crippen LogP contribution is 2.31. The van der Waals surface area contributed by atoms with Gasteiger partial charge in [0.2, 0.25) is 11.8 Å². The molecule has 4 N–H and O–H groups in total. The molecule has 0 spiro atoms. The van der Waals surface area contributed by atoms with Gasteiger partial charge in [-0.2, -0.15) is 0 Å². The summed E-state index contributed by atoms with van der Waals surface area (Å²) in [6.07, 6.45) is 2.13. The minimum atomic E-state index is -0.575. The van der Waals surface area contributed by atoms with Crippen molar-refractivity contribution in [1.29, 1.82) is 0 Å². The number of carbonyl (C=O) groups is 2. The van der Waals surface area contributed by atoms with Gasteiger partial charge in [-0.15, -0.1) is 0 Å². The van der Waals surface area contributed by atoms with E-state index in [4.69, 9.17) is 5.73 Å². The smallest absolute Gasteiger partial charge is 0.239 e. The number of fused-ring (bicyclic) bond motifs is 1. The van der Waals surface area contributed by atoms with E-state index in [2.05, 4.69) is 22.8 Å². The van der Waals surface area contributed by atoms with Crippen molar-refractivity contribution in [2.24, 2.45) is 11.7 Å². The molecule has 0 saturated carbocycles. The van der Waals surface area contributed by atoms with Crippen LogP contribution >= 0.6 is 0 Å². The molecule has 0 bridgehead atoms. The van der Waals surface area contributed by atoms with Crippen molar-refractivity contribution in [2.75, 3.05) is 13.1 Å². The Labute approximate surface area is 131 Å². The van der Waals surface area contributed by atoms with Crippen molar-refractivity contribution in [3.8, 4) is 0 Å². The lowest BCUT2D eigenvalue weighted by molar-refractivity contribution is -0.127. The fourth-order valence-electron chi connectivity index (χ4n) is 2.74. The molecule has 1 unspecified atom stereocenters. The summed E-state index contributed by atoms with van der Waals surface area (Å²) in [5.41, 5.74) is 8.43. The molecule has 120 valence electrons. The summed E-state index contributed by atoms with van der Waals surface area (Å²) < 4.78 is 0. The fraction of sp³-hybridized carbons (Fsp3) is 0.529. The van der Waals surface area contributed by atoms with E-state index in [1.54, 1.807) is 0 Å². The van der Waals surface area contributed by atoms with E-state index in [1.165, 1.54) is 11.1 Å². The van der Waals surface area contributed by atoms with E-state index in [1.807, 2.05) is 26.0 Å². The van der Waals surface area contributed by atoms with Crippen molar-refractivity contribution in [1.82, 2.24) is 10.6 Å². The van der Waals surface area contributed by atoms with Gasteiger partial charge in [-0.1, -0.05) is 38.1 Å². The van der Waals surface area contributed by atoms with Crippen molar-refractivity contribution in [2.45, 2.75) is 38.6 Å². The zero-order valence-corrected chi connectivity index (χ0v) is 13.3. The van der Waals surface area contributed by atoms with Gasteiger partial charge in [0.15, 0.2) is 0 Å². The van der Waals surface area contributed by atoms with E-state index in [-0.39, 0.29) is 24.3 Å². The lowest BCUT2D eigenvalue weighted by atomic mass is 10.0. The molecule has 0 aliphatic heterocycles. The summed E-state index contributed by atoms with van der Waals surface area (Å²) in [4.78, 5) is 23.5. The Morgan fingerprint density at radius 3 is 2.73 bits per heavy atom. The maximum absolute atomic E-state index is 11.8. The van der Waals surface area contributed by atoms with E-state index >= 15 is 0 Å². The van der Waals surface area contributed by atoms with Crippen LogP contribution in [0.2, 0.25) is 0 Å². The minimum absolute atomic E-state index is 0.0202. The highest BCUT2D eigenvalue weighted by Gasteiger charge is 2.22. The van der Waals surface area contributed by atoms with Crippen LogP contribution in [0, 0.1) is 5.92 Å².